The monoisotopic (exact) mass is 246 g/mol. The van der Waals surface area contributed by atoms with E-state index in [1.165, 1.54) is 6.42 Å². The zero-order valence-corrected chi connectivity index (χ0v) is 10.3. The summed E-state index contributed by atoms with van der Waals surface area (Å²) in [6.07, 6.45) is 4.95. The molecular weight excluding hydrogens is 228 g/mol. The first-order valence-corrected chi connectivity index (χ1v) is 6.95. The average Bonchev–Trinajstić information content (AvgIpc) is 2.73. The van der Waals surface area contributed by atoms with Crippen LogP contribution in [-0.2, 0) is 0 Å². The molecule has 0 radical (unpaired) electrons. The molecule has 1 aromatic rings. The van der Waals surface area contributed by atoms with E-state index in [1.54, 1.807) is 0 Å². The molecule has 1 aliphatic heterocycles. The Bertz CT molecular complexity index is 446. The average molecular weight is 246 g/mol. The standard InChI is InChI=1S/C15H18O3/c16-12-9-8-10-4-3-5-11(12)15(10)17-13-6-1-2-7-14(13)18-15/h1-2,6-7,10-12,16H,3-5,8-9H2/t10-,11+,12-/m0/s1. The van der Waals surface area contributed by atoms with Crippen LogP contribution < -0.4 is 9.47 Å². The molecule has 2 saturated carbocycles. The number of aliphatic hydroxyl groups excluding tert-OH is 1. The van der Waals surface area contributed by atoms with Crippen LogP contribution in [0.15, 0.2) is 24.3 Å². The van der Waals surface area contributed by atoms with Crippen molar-refractivity contribution in [3.05, 3.63) is 24.3 Å². The summed E-state index contributed by atoms with van der Waals surface area (Å²) in [4.78, 5) is 0. The van der Waals surface area contributed by atoms with E-state index in [2.05, 4.69) is 0 Å². The quantitative estimate of drug-likeness (QED) is 0.765. The third kappa shape index (κ3) is 1.28. The van der Waals surface area contributed by atoms with E-state index in [4.69, 9.17) is 9.47 Å². The van der Waals surface area contributed by atoms with Crippen molar-refractivity contribution in [2.45, 2.75) is 44.0 Å². The zero-order chi connectivity index (χ0) is 12.2. The Labute approximate surface area is 107 Å². The number of ether oxygens (including phenoxy) is 2. The molecule has 4 rings (SSSR count). The first-order valence-electron chi connectivity index (χ1n) is 6.95. The maximum Gasteiger partial charge on any atom is 0.259 e. The molecule has 3 atom stereocenters. The van der Waals surface area contributed by atoms with Crippen molar-refractivity contribution in [3.63, 3.8) is 0 Å². The molecule has 1 aromatic carbocycles. The van der Waals surface area contributed by atoms with Crippen LogP contribution in [0.4, 0.5) is 0 Å². The number of aliphatic hydroxyl groups is 1. The fourth-order valence-corrected chi connectivity index (χ4v) is 3.97. The summed E-state index contributed by atoms with van der Waals surface area (Å²) in [6, 6.07) is 7.86. The van der Waals surface area contributed by atoms with E-state index >= 15 is 0 Å². The van der Waals surface area contributed by atoms with Gasteiger partial charge in [0.25, 0.3) is 5.79 Å². The number of para-hydroxylation sites is 2. The molecular formula is C15H18O3. The van der Waals surface area contributed by atoms with E-state index in [-0.39, 0.29) is 12.0 Å². The SMILES string of the molecule is O[C@H]1CC[C@@H]2CCC[C@H]1C21Oc2ccccc2O1. The van der Waals surface area contributed by atoms with E-state index in [0.29, 0.717) is 5.92 Å². The van der Waals surface area contributed by atoms with E-state index in [0.717, 1.165) is 37.2 Å². The molecule has 2 aliphatic carbocycles. The Morgan fingerprint density at radius 2 is 1.72 bits per heavy atom. The summed E-state index contributed by atoms with van der Waals surface area (Å²) in [6.45, 7) is 0. The maximum atomic E-state index is 10.3. The van der Waals surface area contributed by atoms with Gasteiger partial charge in [-0.05, 0) is 37.8 Å². The van der Waals surface area contributed by atoms with E-state index < -0.39 is 5.79 Å². The second kappa shape index (κ2) is 3.64. The minimum atomic E-state index is -0.584. The molecule has 0 saturated heterocycles. The van der Waals surface area contributed by atoms with Gasteiger partial charge in [-0.15, -0.1) is 0 Å². The lowest BCUT2D eigenvalue weighted by Crippen LogP contribution is -2.61. The minimum Gasteiger partial charge on any atom is -0.448 e. The van der Waals surface area contributed by atoms with Crippen LogP contribution in [-0.4, -0.2) is 17.0 Å². The Kier molecular flexibility index (Phi) is 2.16. The van der Waals surface area contributed by atoms with Crippen LogP contribution in [0.3, 0.4) is 0 Å². The molecule has 0 unspecified atom stereocenters. The van der Waals surface area contributed by atoms with Crippen LogP contribution >= 0.6 is 0 Å². The van der Waals surface area contributed by atoms with Gasteiger partial charge in [0.15, 0.2) is 11.5 Å². The molecule has 3 aliphatic rings. The van der Waals surface area contributed by atoms with E-state index in [1.807, 2.05) is 24.3 Å². The maximum absolute atomic E-state index is 10.3. The highest BCUT2D eigenvalue weighted by molar-refractivity contribution is 5.43. The van der Waals surface area contributed by atoms with Gasteiger partial charge in [-0.1, -0.05) is 18.6 Å². The van der Waals surface area contributed by atoms with Crippen molar-refractivity contribution in [1.29, 1.82) is 0 Å². The second-order valence-corrected chi connectivity index (χ2v) is 5.75. The Balaban J connectivity index is 1.76. The zero-order valence-electron chi connectivity index (χ0n) is 10.3. The number of benzene rings is 1. The lowest BCUT2D eigenvalue weighted by atomic mass is 9.66. The van der Waals surface area contributed by atoms with Gasteiger partial charge < -0.3 is 14.6 Å². The van der Waals surface area contributed by atoms with Crippen molar-refractivity contribution >= 4 is 0 Å². The first-order chi connectivity index (χ1) is 8.79. The van der Waals surface area contributed by atoms with Gasteiger partial charge in [0.2, 0.25) is 0 Å². The largest absolute Gasteiger partial charge is 0.448 e. The molecule has 2 bridgehead atoms. The fraction of sp³-hybridized carbons (Fsp3) is 0.600. The highest BCUT2D eigenvalue weighted by atomic mass is 16.7. The van der Waals surface area contributed by atoms with Crippen LogP contribution in [0.1, 0.15) is 32.1 Å². The number of hydrogen-bond acceptors (Lipinski definition) is 3. The summed E-state index contributed by atoms with van der Waals surface area (Å²) in [7, 11) is 0. The van der Waals surface area contributed by atoms with Crippen molar-refractivity contribution in [3.8, 4) is 11.5 Å². The van der Waals surface area contributed by atoms with Gasteiger partial charge in [-0.3, -0.25) is 0 Å². The van der Waals surface area contributed by atoms with Crippen molar-refractivity contribution in [2.24, 2.45) is 11.8 Å². The Morgan fingerprint density at radius 1 is 1.00 bits per heavy atom. The molecule has 2 fully saturated rings. The molecule has 0 amide bonds. The summed E-state index contributed by atoms with van der Waals surface area (Å²) in [5.41, 5.74) is 0. The van der Waals surface area contributed by atoms with Crippen molar-refractivity contribution in [1.82, 2.24) is 0 Å². The molecule has 3 nitrogen and oxygen atoms in total. The van der Waals surface area contributed by atoms with Gasteiger partial charge in [-0.25, -0.2) is 0 Å². The van der Waals surface area contributed by atoms with Crippen LogP contribution in [0, 0.1) is 11.8 Å². The topological polar surface area (TPSA) is 38.7 Å². The molecule has 3 heteroatoms. The second-order valence-electron chi connectivity index (χ2n) is 5.75. The molecule has 18 heavy (non-hydrogen) atoms. The number of fused-ring (bicyclic) bond motifs is 1. The van der Waals surface area contributed by atoms with Gasteiger partial charge >= 0.3 is 0 Å². The number of rotatable bonds is 0. The Hall–Kier alpha value is -1.22. The van der Waals surface area contributed by atoms with Gasteiger partial charge in [-0.2, -0.15) is 0 Å². The molecule has 0 aromatic heterocycles. The third-order valence-corrected chi connectivity index (χ3v) is 4.82. The van der Waals surface area contributed by atoms with E-state index in [9.17, 15) is 5.11 Å². The molecule has 96 valence electrons. The summed E-state index contributed by atoms with van der Waals surface area (Å²) < 4.78 is 12.4. The highest BCUT2D eigenvalue weighted by Crippen LogP contribution is 2.55. The highest BCUT2D eigenvalue weighted by Gasteiger charge is 2.60. The Morgan fingerprint density at radius 3 is 2.44 bits per heavy atom. The van der Waals surface area contributed by atoms with Crippen molar-refractivity contribution < 1.29 is 14.6 Å². The van der Waals surface area contributed by atoms with Crippen LogP contribution in [0.2, 0.25) is 0 Å². The smallest absolute Gasteiger partial charge is 0.259 e. The third-order valence-electron chi connectivity index (χ3n) is 4.82. The van der Waals surface area contributed by atoms with Crippen LogP contribution in [0.5, 0.6) is 11.5 Å². The molecule has 1 heterocycles. The molecule has 1 N–H and O–H groups in total. The minimum absolute atomic E-state index is 0.123. The fourth-order valence-electron chi connectivity index (χ4n) is 3.97. The lowest BCUT2D eigenvalue weighted by Gasteiger charge is -2.50. The predicted octanol–water partition coefficient (Wildman–Crippen LogP) is 2.73. The predicted molar refractivity (Wildman–Crippen MR) is 66.5 cm³/mol. The van der Waals surface area contributed by atoms with Gasteiger partial charge in [0.1, 0.15) is 0 Å². The van der Waals surface area contributed by atoms with Crippen LogP contribution in [0.25, 0.3) is 0 Å². The first kappa shape index (κ1) is 10.7. The summed E-state index contributed by atoms with van der Waals surface area (Å²) in [5.74, 6) is 1.64. The molecule has 1 spiro atoms. The van der Waals surface area contributed by atoms with Crippen molar-refractivity contribution in [2.75, 3.05) is 0 Å². The normalized spacial score (nSPS) is 35.7. The van der Waals surface area contributed by atoms with Gasteiger partial charge in [0.05, 0.1) is 12.0 Å². The lowest BCUT2D eigenvalue weighted by molar-refractivity contribution is -0.232. The summed E-state index contributed by atoms with van der Waals surface area (Å²) >= 11 is 0. The van der Waals surface area contributed by atoms with Gasteiger partial charge in [0, 0.05) is 5.92 Å². The number of hydrogen-bond donors (Lipinski definition) is 1. The summed E-state index contributed by atoms with van der Waals surface area (Å²) in [5, 5.41) is 10.3.